The molecule has 0 unspecified atom stereocenters. The van der Waals surface area contributed by atoms with Gasteiger partial charge in [0.1, 0.15) is 0 Å². The first-order valence-corrected chi connectivity index (χ1v) is 2.68. The Morgan fingerprint density at radius 3 is 2.75 bits per heavy atom. The van der Waals surface area contributed by atoms with Crippen LogP contribution in [0.25, 0.3) is 0 Å². The molecule has 0 aliphatic carbocycles. The lowest BCUT2D eigenvalue weighted by Gasteiger charge is -1.87. The zero-order valence-corrected chi connectivity index (χ0v) is 5.27. The van der Waals surface area contributed by atoms with E-state index in [1.807, 2.05) is 6.92 Å². The van der Waals surface area contributed by atoms with Crippen LogP contribution in [0.15, 0.2) is 12.3 Å². The zero-order chi connectivity index (χ0) is 6.41. The van der Waals surface area contributed by atoms with Crippen molar-refractivity contribution in [2.45, 2.75) is 13.8 Å². The predicted molar refractivity (Wildman–Crippen MR) is 33.5 cm³/mol. The van der Waals surface area contributed by atoms with Crippen LogP contribution in [0.5, 0.6) is 0 Å². The molecule has 0 saturated heterocycles. The van der Waals surface area contributed by atoms with E-state index in [1.165, 1.54) is 13.0 Å². The van der Waals surface area contributed by atoms with Crippen LogP contribution < -0.4 is 5.32 Å². The number of ketones is 1. The summed E-state index contributed by atoms with van der Waals surface area (Å²) in [5, 5.41) is 2.88. The molecule has 2 nitrogen and oxygen atoms in total. The number of allylic oxidation sites excluding steroid dienone is 1. The normalized spacial score (nSPS) is 9.75. The number of nitrogens with one attached hydrogen (secondary N) is 1. The van der Waals surface area contributed by atoms with Crippen LogP contribution in [0.3, 0.4) is 0 Å². The molecule has 0 aromatic rings. The van der Waals surface area contributed by atoms with Crippen molar-refractivity contribution in [3.05, 3.63) is 12.3 Å². The molecule has 0 heterocycles. The minimum atomic E-state index is 0.0750. The molecule has 0 atom stereocenters. The van der Waals surface area contributed by atoms with Gasteiger partial charge in [0.2, 0.25) is 0 Å². The maximum Gasteiger partial charge on any atom is 0.154 e. The molecule has 0 aromatic heterocycles. The van der Waals surface area contributed by atoms with Crippen molar-refractivity contribution in [3.63, 3.8) is 0 Å². The smallest absolute Gasteiger partial charge is 0.154 e. The van der Waals surface area contributed by atoms with E-state index in [2.05, 4.69) is 5.32 Å². The maximum atomic E-state index is 10.2. The van der Waals surface area contributed by atoms with Crippen LogP contribution in [0.2, 0.25) is 0 Å². The van der Waals surface area contributed by atoms with Gasteiger partial charge in [0.15, 0.2) is 5.78 Å². The van der Waals surface area contributed by atoms with Gasteiger partial charge in [-0.25, -0.2) is 0 Å². The van der Waals surface area contributed by atoms with Gasteiger partial charge in [-0.2, -0.15) is 0 Å². The molecule has 0 bridgehead atoms. The van der Waals surface area contributed by atoms with Crippen LogP contribution in [-0.2, 0) is 4.79 Å². The van der Waals surface area contributed by atoms with Gasteiger partial charge in [0.05, 0.1) is 0 Å². The quantitative estimate of drug-likeness (QED) is 0.546. The molecule has 46 valence electrons. The number of carbonyl (C=O) groups excluding carboxylic acids is 1. The third-order valence-electron chi connectivity index (χ3n) is 0.640. The molecule has 1 N–H and O–H groups in total. The average molecular weight is 113 g/mol. The van der Waals surface area contributed by atoms with Crippen molar-refractivity contribution in [1.29, 1.82) is 0 Å². The number of hydrogen-bond acceptors (Lipinski definition) is 2. The summed E-state index contributed by atoms with van der Waals surface area (Å²) in [5.74, 6) is 0.0750. The van der Waals surface area contributed by atoms with Crippen LogP contribution in [0, 0.1) is 0 Å². The topological polar surface area (TPSA) is 29.1 Å². The molecule has 2 heteroatoms. The van der Waals surface area contributed by atoms with E-state index in [4.69, 9.17) is 0 Å². The van der Waals surface area contributed by atoms with Gasteiger partial charge in [0, 0.05) is 6.54 Å². The van der Waals surface area contributed by atoms with E-state index >= 15 is 0 Å². The van der Waals surface area contributed by atoms with Crippen molar-refractivity contribution < 1.29 is 4.79 Å². The van der Waals surface area contributed by atoms with Crippen molar-refractivity contribution in [2.75, 3.05) is 6.54 Å². The van der Waals surface area contributed by atoms with E-state index in [-0.39, 0.29) is 5.78 Å². The largest absolute Gasteiger partial charge is 0.391 e. The second-order valence-corrected chi connectivity index (χ2v) is 1.50. The van der Waals surface area contributed by atoms with Crippen LogP contribution in [0.4, 0.5) is 0 Å². The van der Waals surface area contributed by atoms with Crippen molar-refractivity contribution in [3.8, 4) is 0 Å². The standard InChI is InChI=1S/C6H11NO/c1-3-7-5-4-6(2)8/h4-5,7H,3H2,1-2H3/b5-4-. The number of hydrogen-bond donors (Lipinski definition) is 1. The van der Waals surface area contributed by atoms with E-state index in [1.54, 1.807) is 6.20 Å². The molecule has 0 amide bonds. The van der Waals surface area contributed by atoms with E-state index in [9.17, 15) is 4.79 Å². The molecule has 0 fully saturated rings. The summed E-state index contributed by atoms with van der Waals surface area (Å²) in [6.45, 7) is 4.36. The third kappa shape index (κ3) is 5.21. The Bertz CT molecular complexity index is 96.7. The fraction of sp³-hybridized carbons (Fsp3) is 0.500. The molecular formula is C6H11NO. The summed E-state index contributed by atoms with van der Waals surface area (Å²) in [6, 6.07) is 0. The molecule has 0 saturated carbocycles. The van der Waals surface area contributed by atoms with Gasteiger partial charge in [-0.05, 0) is 26.1 Å². The van der Waals surface area contributed by atoms with E-state index in [0.29, 0.717) is 0 Å². The van der Waals surface area contributed by atoms with Gasteiger partial charge in [0.25, 0.3) is 0 Å². The lowest BCUT2D eigenvalue weighted by molar-refractivity contribution is -0.112. The first-order chi connectivity index (χ1) is 3.77. The second kappa shape index (κ2) is 4.37. The van der Waals surface area contributed by atoms with Crippen LogP contribution >= 0.6 is 0 Å². The summed E-state index contributed by atoms with van der Waals surface area (Å²) in [4.78, 5) is 10.2. The molecule has 0 aromatic carbocycles. The van der Waals surface area contributed by atoms with E-state index < -0.39 is 0 Å². The van der Waals surface area contributed by atoms with Crippen LogP contribution in [-0.4, -0.2) is 12.3 Å². The van der Waals surface area contributed by atoms with Gasteiger partial charge in [-0.3, -0.25) is 4.79 Å². The first-order valence-electron chi connectivity index (χ1n) is 2.68. The average Bonchev–Trinajstić information content (AvgIpc) is 1.66. The molecule has 8 heavy (non-hydrogen) atoms. The lowest BCUT2D eigenvalue weighted by atomic mass is 10.4. The summed E-state index contributed by atoms with van der Waals surface area (Å²) >= 11 is 0. The van der Waals surface area contributed by atoms with Gasteiger partial charge < -0.3 is 5.32 Å². The summed E-state index contributed by atoms with van der Waals surface area (Å²) in [6.07, 6.45) is 3.16. The minimum Gasteiger partial charge on any atom is -0.391 e. The lowest BCUT2D eigenvalue weighted by Crippen LogP contribution is -2.02. The summed E-state index contributed by atoms with van der Waals surface area (Å²) in [7, 11) is 0. The zero-order valence-electron chi connectivity index (χ0n) is 5.27. The molecule has 0 aliphatic heterocycles. The number of rotatable bonds is 3. The highest BCUT2D eigenvalue weighted by Crippen LogP contribution is 1.68. The molecular weight excluding hydrogens is 102 g/mol. The highest BCUT2D eigenvalue weighted by Gasteiger charge is 1.76. The monoisotopic (exact) mass is 113 g/mol. The molecule has 0 rings (SSSR count). The van der Waals surface area contributed by atoms with E-state index in [0.717, 1.165) is 6.54 Å². The third-order valence-corrected chi connectivity index (χ3v) is 0.640. The molecule has 0 radical (unpaired) electrons. The fourth-order valence-corrected chi connectivity index (χ4v) is 0.294. The molecule has 0 spiro atoms. The first kappa shape index (κ1) is 7.21. The molecule has 0 aliphatic rings. The van der Waals surface area contributed by atoms with Crippen LogP contribution in [0.1, 0.15) is 13.8 Å². The Morgan fingerprint density at radius 2 is 2.38 bits per heavy atom. The second-order valence-electron chi connectivity index (χ2n) is 1.50. The SMILES string of the molecule is CCN/C=C\C(C)=O. The Labute approximate surface area is 49.6 Å². The Balaban J connectivity index is 3.20. The van der Waals surface area contributed by atoms with Crippen molar-refractivity contribution in [1.82, 2.24) is 5.32 Å². The van der Waals surface area contributed by atoms with Gasteiger partial charge in [-0.15, -0.1) is 0 Å². The Morgan fingerprint density at radius 1 is 1.75 bits per heavy atom. The maximum absolute atomic E-state index is 10.2. The van der Waals surface area contributed by atoms with Gasteiger partial charge in [-0.1, -0.05) is 0 Å². The highest BCUT2D eigenvalue weighted by atomic mass is 16.1. The predicted octanol–water partition coefficient (Wildman–Crippen LogP) is 0.699. The summed E-state index contributed by atoms with van der Waals surface area (Å²) < 4.78 is 0. The fourth-order valence-electron chi connectivity index (χ4n) is 0.294. The number of carbonyl (C=O) groups is 1. The van der Waals surface area contributed by atoms with Crippen molar-refractivity contribution in [2.24, 2.45) is 0 Å². The highest BCUT2D eigenvalue weighted by molar-refractivity contribution is 5.87. The van der Waals surface area contributed by atoms with Crippen molar-refractivity contribution >= 4 is 5.78 Å². The Kier molecular flexibility index (Phi) is 3.94. The Hall–Kier alpha value is -0.790. The summed E-state index contributed by atoms with van der Waals surface area (Å²) in [5.41, 5.74) is 0. The minimum absolute atomic E-state index is 0.0750. The van der Waals surface area contributed by atoms with Gasteiger partial charge >= 0.3 is 0 Å².